The number of nitrogens with zero attached hydrogens (tertiary/aromatic N) is 1. The first-order valence-electron chi connectivity index (χ1n) is 7.22. The van der Waals surface area contributed by atoms with E-state index in [9.17, 15) is 4.79 Å². The number of carbonyl (C=O) groups excluding carboxylic acids is 1. The largest absolute Gasteiger partial charge is 0.336 e. The number of amides is 1. The van der Waals surface area contributed by atoms with Crippen LogP contribution in [0.4, 0.5) is 0 Å². The first kappa shape index (κ1) is 15.4. The summed E-state index contributed by atoms with van der Waals surface area (Å²) in [5, 5.41) is 3.41. The lowest BCUT2D eigenvalue weighted by molar-refractivity contribution is -0.131. The average Bonchev–Trinajstić information content (AvgIpc) is 2.42. The summed E-state index contributed by atoms with van der Waals surface area (Å²) in [7, 11) is 0. The topological polar surface area (TPSA) is 32.3 Å². The zero-order valence-corrected chi connectivity index (χ0v) is 13.6. The lowest BCUT2D eigenvalue weighted by Crippen LogP contribution is -2.57. The number of thioether (sulfide) groups is 1. The van der Waals surface area contributed by atoms with Gasteiger partial charge in [-0.15, -0.1) is 11.8 Å². The van der Waals surface area contributed by atoms with Crippen LogP contribution in [0, 0.1) is 13.8 Å². The summed E-state index contributed by atoms with van der Waals surface area (Å²) in [6.45, 7) is 10.2. The van der Waals surface area contributed by atoms with Crippen LogP contribution in [0.15, 0.2) is 23.1 Å². The van der Waals surface area contributed by atoms with Crippen molar-refractivity contribution < 1.29 is 4.79 Å². The van der Waals surface area contributed by atoms with Crippen molar-refractivity contribution in [3.63, 3.8) is 0 Å². The van der Waals surface area contributed by atoms with Gasteiger partial charge < -0.3 is 10.2 Å². The Balaban J connectivity index is 1.96. The van der Waals surface area contributed by atoms with E-state index in [0.29, 0.717) is 11.8 Å². The van der Waals surface area contributed by atoms with E-state index in [2.05, 4.69) is 51.2 Å². The Bertz CT molecular complexity index is 489. The van der Waals surface area contributed by atoms with E-state index in [-0.39, 0.29) is 11.9 Å². The normalized spacial score (nSPS) is 22.9. The first-order valence-corrected chi connectivity index (χ1v) is 8.20. The van der Waals surface area contributed by atoms with E-state index in [0.717, 1.165) is 13.1 Å². The molecule has 1 N–H and O–H groups in total. The molecule has 1 aromatic rings. The Morgan fingerprint density at radius 2 is 2.15 bits per heavy atom. The summed E-state index contributed by atoms with van der Waals surface area (Å²) in [6.07, 6.45) is 0. The molecular weight excluding hydrogens is 268 g/mol. The Labute approximate surface area is 126 Å². The lowest BCUT2D eigenvalue weighted by Gasteiger charge is -2.38. The molecular formula is C16H24N2OS. The molecule has 1 fully saturated rings. The van der Waals surface area contributed by atoms with Crippen molar-refractivity contribution in [1.82, 2.24) is 10.2 Å². The summed E-state index contributed by atoms with van der Waals surface area (Å²) in [4.78, 5) is 15.6. The number of carbonyl (C=O) groups is 1. The van der Waals surface area contributed by atoms with Crippen molar-refractivity contribution >= 4 is 17.7 Å². The molecule has 0 bridgehead atoms. The molecule has 110 valence electrons. The molecule has 2 rings (SSSR count). The van der Waals surface area contributed by atoms with Gasteiger partial charge in [0.1, 0.15) is 0 Å². The molecule has 1 amide bonds. The van der Waals surface area contributed by atoms with Crippen molar-refractivity contribution in [1.29, 1.82) is 0 Å². The first-order chi connectivity index (χ1) is 9.49. The third-order valence-corrected chi connectivity index (χ3v) is 5.19. The molecule has 3 nitrogen and oxygen atoms in total. The minimum Gasteiger partial charge on any atom is -0.336 e. The van der Waals surface area contributed by atoms with Gasteiger partial charge in [0.05, 0.1) is 5.75 Å². The van der Waals surface area contributed by atoms with Crippen LogP contribution in [0.1, 0.15) is 25.0 Å². The zero-order chi connectivity index (χ0) is 14.7. The van der Waals surface area contributed by atoms with Crippen molar-refractivity contribution in [3.8, 4) is 0 Å². The zero-order valence-electron chi connectivity index (χ0n) is 12.8. The molecule has 0 saturated carbocycles. The molecule has 2 atom stereocenters. The average molecular weight is 292 g/mol. The van der Waals surface area contributed by atoms with E-state index in [1.807, 2.05) is 4.90 Å². The molecule has 1 aliphatic heterocycles. The maximum Gasteiger partial charge on any atom is 0.233 e. The van der Waals surface area contributed by atoms with Gasteiger partial charge in [-0.2, -0.15) is 0 Å². The number of nitrogens with one attached hydrogen (secondary N) is 1. The van der Waals surface area contributed by atoms with E-state index >= 15 is 0 Å². The molecule has 1 aliphatic rings. The molecule has 20 heavy (non-hydrogen) atoms. The fraction of sp³-hybridized carbons (Fsp3) is 0.562. The van der Waals surface area contributed by atoms with Crippen LogP contribution in [0.2, 0.25) is 0 Å². The van der Waals surface area contributed by atoms with Gasteiger partial charge in [-0.1, -0.05) is 17.7 Å². The standard InChI is InChI=1S/C16H24N2OS/c1-11-5-6-12(2)15(9-11)20-10-16(19)18-8-7-17-13(3)14(18)4/h5-6,9,13-14,17H,7-8,10H2,1-4H3. The molecule has 0 aliphatic carbocycles. The number of hydrogen-bond donors (Lipinski definition) is 1. The van der Waals surface area contributed by atoms with Crippen LogP contribution in [0.3, 0.4) is 0 Å². The van der Waals surface area contributed by atoms with E-state index < -0.39 is 0 Å². The second-order valence-corrected chi connectivity index (χ2v) is 6.65. The Morgan fingerprint density at radius 3 is 2.90 bits per heavy atom. The molecule has 1 saturated heterocycles. The van der Waals surface area contributed by atoms with Crippen LogP contribution in [-0.2, 0) is 4.79 Å². The highest BCUT2D eigenvalue weighted by Gasteiger charge is 2.27. The lowest BCUT2D eigenvalue weighted by atomic mass is 10.1. The van der Waals surface area contributed by atoms with Gasteiger partial charge in [0.2, 0.25) is 5.91 Å². The summed E-state index contributed by atoms with van der Waals surface area (Å²) in [5.41, 5.74) is 2.49. The van der Waals surface area contributed by atoms with Crippen molar-refractivity contribution in [2.45, 2.75) is 44.7 Å². The van der Waals surface area contributed by atoms with Gasteiger partial charge in [0.25, 0.3) is 0 Å². The predicted octanol–water partition coefficient (Wildman–Crippen LogP) is 2.60. The molecule has 2 unspecified atom stereocenters. The Morgan fingerprint density at radius 1 is 1.40 bits per heavy atom. The second-order valence-electron chi connectivity index (χ2n) is 5.63. The molecule has 0 aromatic heterocycles. The smallest absolute Gasteiger partial charge is 0.233 e. The van der Waals surface area contributed by atoms with Crippen molar-refractivity contribution in [2.24, 2.45) is 0 Å². The van der Waals surface area contributed by atoms with Crippen LogP contribution >= 0.6 is 11.8 Å². The molecule has 0 spiro atoms. The van der Waals surface area contributed by atoms with Gasteiger partial charge in [-0.05, 0) is 39.3 Å². The summed E-state index contributed by atoms with van der Waals surface area (Å²) < 4.78 is 0. The van der Waals surface area contributed by atoms with Gasteiger partial charge in [0.15, 0.2) is 0 Å². The minimum atomic E-state index is 0.247. The van der Waals surface area contributed by atoms with Gasteiger partial charge >= 0.3 is 0 Å². The highest BCUT2D eigenvalue weighted by atomic mass is 32.2. The monoisotopic (exact) mass is 292 g/mol. The predicted molar refractivity (Wildman–Crippen MR) is 85.3 cm³/mol. The van der Waals surface area contributed by atoms with E-state index in [4.69, 9.17) is 0 Å². The van der Waals surface area contributed by atoms with Gasteiger partial charge in [0, 0.05) is 30.1 Å². The van der Waals surface area contributed by atoms with Crippen LogP contribution < -0.4 is 5.32 Å². The van der Waals surface area contributed by atoms with Crippen molar-refractivity contribution in [2.75, 3.05) is 18.8 Å². The number of rotatable bonds is 3. The highest BCUT2D eigenvalue weighted by Crippen LogP contribution is 2.24. The Kier molecular flexibility index (Phi) is 5.11. The quantitative estimate of drug-likeness (QED) is 0.869. The molecule has 0 radical (unpaired) electrons. The third-order valence-electron chi connectivity index (χ3n) is 4.05. The maximum absolute atomic E-state index is 12.4. The number of piperazine rings is 1. The molecule has 4 heteroatoms. The molecule has 1 heterocycles. The van der Waals surface area contributed by atoms with Crippen LogP contribution in [0.5, 0.6) is 0 Å². The number of hydrogen-bond acceptors (Lipinski definition) is 3. The van der Waals surface area contributed by atoms with E-state index in [1.165, 1.54) is 16.0 Å². The van der Waals surface area contributed by atoms with Crippen molar-refractivity contribution in [3.05, 3.63) is 29.3 Å². The summed E-state index contributed by atoms with van der Waals surface area (Å²) in [5.74, 6) is 0.776. The van der Waals surface area contributed by atoms with E-state index in [1.54, 1.807) is 11.8 Å². The SMILES string of the molecule is Cc1ccc(C)c(SCC(=O)N2CCNC(C)C2C)c1. The van der Waals surface area contributed by atoms with Gasteiger partial charge in [-0.25, -0.2) is 0 Å². The fourth-order valence-corrected chi connectivity index (χ4v) is 3.50. The summed E-state index contributed by atoms with van der Waals surface area (Å²) in [6, 6.07) is 7.05. The minimum absolute atomic E-state index is 0.247. The fourth-order valence-electron chi connectivity index (χ4n) is 2.49. The van der Waals surface area contributed by atoms with Crippen LogP contribution in [0.25, 0.3) is 0 Å². The number of aryl methyl sites for hydroxylation is 2. The maximum atomic E-state index is 12.4. The van der Waals surface area contributed by atoms with Gasteiger partial charge in [-0.3, -0.25) is 4.79 Å². The second kappa shape index (κ2) is 6.64. The third kappa shape index (κ3) is 3.55. The van der Waals surface area contributed by atoms with Crippen LogP contribution in [-0.4, -0.2) is 41.7 Å². The highest BCUT2D eigenvalue weighted by molar-refractivity contribution is 8.00. The summed E-state index contributed by atoms with van der Waals surface area (Å²) >= 11 is 1.65. The molecule has 1 aromatic carbocycles. The number of benzene rings is 1. The Hall–Kier alpha value is -1.00.